The second-order valence-corrected chi connectivity index (χ2v) is 3.48. The first-order valence-electron chi connectivity index (χ1n) is 4.84. The molecule has 0 spiro atoms. The van der Waals surface area contributed by atoms with Crippen LogP contribution >= 0.6 is 0 Å². The highest BCUT2D eigenvalue weighted by molar-refractivity contribution is 4.95. The van der Waals surface area contributed by atoms with Crippen LogP contribution in [-0.4, -0.2) is 24.8 Å². The maximum absolute atomic E-state index is 9.71. The van der Waals surface area contributed by atoms with Gasteiger partial charge < -0.3 is 10.4 Å². The van der Waals surface area contributed by atoms with Crippen molar-refractivity contribution in [2.24, 2.45) is 5.92 Å². The zero-order valence-electron chi connectivity index (χ0n) is 7.79. The predicted octanol–water partition coefficient (Wildman–Crippen LogP) is 1.31. The number of hydrogen-bond donors (Lipinski definition) is 2. The summed E-state index contributed by atoms with van der Waals surface area (Å²) in [6.45, 7) is 0.908. The van der Waals surface area contributed by atoms with Gasteiger partial charge in [0, 0.05) is 5.92 Å². The van der Waals surface area contributed by atoms with Crippen molar-refractivity contribution in [3.63, 3.8) is 0 Å². The van der Waals surface area contributed by atoms with Crippen molar-refractivity contribution in [3.05, 3.63) is 12.2 Å². The van der Waals surface area contributed by atoms with Crippen molar-refractivity contribution >= 4 is 0 Å². The van der Waals surface area contributed by atoms with Crippen LogP contribution in [0.3, 0.4) is 0 Å². The Hall–Kier alpha value is -0.340. The highest BCUT2D eigenvalue weighted by Gasteiger charge is 2.16. The van der Waals surface area contributed by atoms with Crippen LogP contribution < -0.4 is 5.32 Å². The fourth-order valence-electron chi connectivity index (χ4n) is 1.67. The van der Waals surface area contributed by atoms with Crippen molar-refractivity contribution in [3.8, 4) is 0 Å². The van der Waals surface area contributed by atoms with Crippen molar-refractivity contribution in [2.45, 2.75) is 31.8 Å². The molecule has 70 valence electrons. The number of rotatable bonds is 4. The van der Waals surface area contributed by atoms with Crippen LogP contribution in [0.4, 0.5) is 0 Å². The van der Waals surface area contributed by atoms with Crippen LogP contribution in [0.25, 0.3) is 0 Å². The third-order valence-corrected chi connectivity index (χ3v) is 2.48. The zero-order chi connectivity index (χ0) is 8.81. The first kappa shape index (κ1) is 9.75. The Labute approximate surface area is 74.7 Å². The van der Waals surface area contributed by atoms with Crippen LogP contribution in [0.1, 0.15) is 25.7 Å². The molecule has 0 fully saturated rings. The topological polar surface area (TPSA) is 32.3 Å². The maximum Gasteiger partial charge on any atom is 0.0614 e. The van der Waals surface area contributed by atoms with Gasteiger partial charge in [-0.3, -0.25) is 0 Å². The smallest absolute Gasteiger partial charge is 0.0614 e. The van der Waals surface area contributed by atoms with Gasteiger partial charge in [0.2, 0.25) is 0 Å². The quantitative estimate of drug-likeness (QED) is 0.622. The minimum absolute atomic E-state index is 0.144. The summed E-state index contributed by atoms with van der Waals surface area (Å²) in [5.74, 6) is 0.409. The Kier molecular flexibility index (Phi) is 4.33. The SMILES string of the molecule is CNCCC(O)[C@H]1C=CCCC1. The lowest BCUT2D eigenvalue weighted by atomic mass is 9.89. The predicted molar refractivity (Wildman–Crippen MR) is 51.0 cm³/mol. The molecule has 12 heavy (non-hydrogen) atoms. The summed E-state index contributed by atoms with van der Waals surface area (Å²) in [4.78, 5) is 0. The van der Waals surface area contributed by atoms with E-state index in [-0.39, 0.29) is 6.10 Å². The van der Waals surface area contributed by atoms with Crippen molar-refractivity contribution in [2.75, 3.05) is 13.6 Å². The van der Waals surface area contributed by atoms with Gasteiger partial charge in [-0.25, -0.2) is 0 Å². The Morgan fingerprint density at radius 2 is 2.50 bits per heavy atom. The summed E-state index contributed by atoms with van der Waals surface area (Å²) in [6.07, 6.45) is 8.66. The number of hydrogen-bond acceptors (Lipinski definition) is 2. The van der Waals surface area contributed by atoms with Gasteiger partial charge in [0.25, 0.3) is 0 Å². The van der Waals surface area contributed by atoms with Crippen molar-refractivity contribution in [1.29, 1.82) is 0 Å². The molecule has 0 saturated heterocycles. The molecule has 2 atom stereocenters. The summed E-state index contributed by atoms with van der Waals surface area (Å²) < 4.78 is 0. The Morgan fingerprint density at radius 3 is 3.08 bits per heavy atom. The molecule has 1 aliphatic rings. The molecule has 1 aliphatic carbocycles. The first-order valence-corrected chi connectivity index (χ1v) is 4.84. The number of aliphatic hydroxyl groups is 1. The van der Waals surface area contributed by atoms with E-state index in [1.165, 1.54) is 12.8 Å². The van der Waals surface area contributed by atoms with E-state index < -0.39 is 0 Å². The Balaban J connectivity index is 2.25. The van der Waals surface area contributed by atoms with E-state index in [0.717, 1.165) is 19.4 Å². The normalized spacial score (nSPS) is 25.7. The van der Waals surface area contributed by atoms with Gasteiger partial charge in [0.05, 0.1) is 6.10 Å². The molecule has 1 unspecified atom stereocenters. The largest absolute Gasteiger partial charge is 0.392 e. The standard InChI is InChI=1S/C10H19NO/c1-11-8-7-10(12)9-5-3-2-4-6-9/h3,5,9-12H,2,4,6-8H2,1H3/t9-,10?/m0/s1. The molecule has 0 amide bonds. The molecule has 2 heteroatoms. The van der Waals surface area contributed by atoms with Gasteiger partial charge in [-0.2, -0.15) is 0 Å². The van der Waals surface area contributed by atoms with E-state index in [1.807, 2.05) is 7.05 Å². The second-order valence-electron chi connectivity index (χ2n) is 3.48. The lowest BCUT2D eigenvalue weighted by molar-refractivity contribution is 0.114. The van der Waals surface area contributed by atoms with Crippen molar-refractivity contribution < 1.29 is 5.11 Å². The van der Waals surface area contributed by atoms with E-state index in [9.17, 15) is 5.11 Å². The Morgan fingerprint density at radius 1 is 1.67 bits per heavy atom. The lowest BCUT2D eigenvalue weighted by Crippen LogP contribution is -2.24. The number of nitrogens with one attached hydrogen (secondary N) is 1. The minimum Gasteiger partial charge on any atom is -0.392 e. The summed E-state index contributed by atoms with van der Waals surface area (Å²) in [7, 11) is 1.92. The van der Waals surface area contributed by atoms with E-state index >= 15 is 0 Å². The molecule has 0 saturated carbocycles. The zero-order valence-corrected chi connectivity index (χ0v) is 7.79. The van der Waals surface area contributed by atoms with Crippen LogP contribution in [0.2, 0.25) is 0 Å². The molecule has 2 nitrogen and oxygen atoms in total. The van der Waals surface area contributed by atoms with Crippen LogP contribution in [0.5, 0.6) is 0 Å². The van der Waals surface area contributed by atoms with Crippen LogP contribution in [-0.2, 0) is 0 Å². The third kappa shape index (κ3) is 2.95. The average Bonchev–Trinajstić information content (AvgIpc) is 2.15. The minimum atomic E-state index is -0.144. The molecule has 0 bridgehead atoms. The Bertz CT molecular complexity index is 145. The van der Waals surface area contributed by atoms with Gasteiger partial charge in [-0.05, 0) is 39.3 Å². The molecule has 2 N–H and O–H groups in total. The highest BCUT2D eigenvalue weighted by Crippen LogP contribution is 2.21. The lowest BCUT2D eigenvalue weighted by Gasteiger charge is -2.22. The summed E-state index contributed by atoms with van der Waals surface area (Å²) in [5.41, 5.74) is 0. The second kappa shape index (κ2) is 5.33. The fraction of sp³-hybridized carbons (Fsp3) is 0.800. The van der Waals surface area contributed by atoms with Gasteiger partial charge in [-0.15, -0.1) is 0 Å². The molecular formula is C10H19NO. The van der Waals surface area contributed by atoms with Crippen molar-refractivity contribution in [1.82, 2.24) is 5.32 Å². The van der Waals surface area contributed by atoms with Gasteiger partial charge >= 0.3 is 0 Å². The summed E-state index contributed by atoms with van der Waals surface area (Å²) in [5, 5.41) is 12.8. The molecule has 1 rings (SSSR count). The highest BCUT2D eigenvalue weighted by atomic mass is 16.3. The van der Waals surface area contributed by atoms with E-state index in [1.54, 1.807) is 0 Å². The average molecular weight is 169 g/mol. The fourth-order valence-corrected chi connectivity index (χ4v) is 1.67. The first-order chi connectivity index (χ1) is 5.84. The summed E-state index contributed by atoms with van der Waals surface area (Å²) in [6, 6.07) is 0. The molecular weight excluding hydrogens is 150 g/mol. The van der Waals surface area contributed by atoms with Crippen LogP contribution in [0.15, 0.2) is 12.2 Å². The van der Waals surface area contributed by atoms with Crippen LogP contribution in [0, 0.1) is 5.92 Å². The monoisotopic (exact) mass is 169 g/mol. The van der Waals surface area contributed by atoms with Gasteiger partial charge in [0.1, 0.15) is 0 Å². The van der Waals surface area contributed by atoms with E-state index in [4.69, 9.17) is 0 Å². The molecule has 0 radical (unpaired) electrons. The number of aliphatic hydroxyl groups excluding tert-OH is 1. The molecule has 0 heterocycles. The molecule has 0 aromatic rings. The van der Waals surface area contributed by atoms with E-state index in [0.29, 0.717) is 5.92 Å². The van der Waals surface area contributed by atoms with Gasteiger partial charge in [0.15, 0.2) is 0 Å². The van der Waals surface area contributed by atoms with Gasteiger partial charge in [-0.1, -0.05) is 12.2 Å². The summed E-state index contributed by atoms with van der Waals surface area (Å²) >= 11 is 0. The maximum atomic E-state index is 9.71. The van der Waals surface area contributed by atoms with E-state index in [2.05, 4.69) is 17.5 Å². The third-order valence-electron chi connectivity index (χ3n) is 2.48. The molecule has 0 aromatic heterocycles. The molecule has 0 aliphatic heterocycles. The number of allylic oxidation sites excluding steroid dienone is 1. The molecule has 0 aromatic carbocycles.